The van der Waals surface area contributed by atoms with E-state index in [9.17, 15) is 9.59 Å². The number of hydrogen-bond donors (Lipinski definition) is 1. The van der Waals surface area contributed by atoms with Crippen LogP contribution in [0.4, 0.5) is 5.69 Å². The second-order valence-corrected chi connectivity index (χ2v) is 8.75. The van der Waals surface area contributed by atoms with E-state index in [0.29, 0.717) is 47.3 Å². The molecular weight excluding hydrogens is 452 g/mol. The Labute approximate surface area is 204 Å². The van der Waals surface area contributed by atoms with E-state index in [1.54, 1.807) is 61.6 Å². The third-order valence-electron chi connectivity index (χ3n) is 6.12. The van der Waals surface area contributed by atoms with Crippen LogP contribution in [0.1, 0.15) is 28.3 Å². The summed E-state index contributed by atoms with van der Waals surface area (Å²) in [6.07, 6.45) is 0.646. The fourth-order valence-corrected chi connectivity index (χ4v) is 4.48. The third kappa shape index (κ3) is 5.34. The van der Waals surface area contributed by atoms with Crippen molar-refractivity contribution in [2.75, 3.05) is 32.6 Å². The van der Waals surface area contributed by atoms with Gasteiger partial charge in [0.2, 0.25) is 5.91 Å². The Kier molecular flexibility index (Phi) is 7.38. The maximum atomic E-state index is 13.3. The zero-order chi connectivity index (χ0) is 24.1. The van der Waals surface area contributed by atoms with Gasteiger partial charge < -0.3 is 19.7 Å². The molecule has 2 unspecified atom stereocenters. The summed E-state index contributed by atoms with van der Waals surface area (Å²) in [5, 5.41) is 3.56. The van der Waals surface area contributed by atoms with Gasteiger partial charge in [0.1, 0.15) is 0 Å². The Morgan fingerprint density at radius 2 is 1.62 bits per heavy atom. The van der Waals surface area contributed by atoms with Gasteiger partial charge in [0.25, 0.3) is 5.91 Å². The Balaban J connectivity index is 1.57. The molecule has 2 atom stereocenters. The molecule has 7 heteroatoms. The fourth-order valence-electron chi connectivity index (χ4n) is 4.35. The second kappa shape index (κ2) is 10.6. The van der Waals surface area contributed by atoms with Crippen molar-refractivity contribution in [2.45, 2.75) is 12.3 Å². The minimum atomic E-state index is -0.372. The van der Waals surface area contributed by atoms with Crippen LogP contribution >= 0.6 is 11.6 Å². The van der Waals surface area contributed by atoms with Crippen molar-refractivity contribution in [1.29, 1.82) is 0 Å². The van der Waals surface area contributed by atoms with Crippen LogP contribution in [0.15, 0.2) is 72.8 Å². The molecule has 1 heterocycles. The number of nitrogens with zero attached hydrogens (tertiary/aromatic N) is 1. The van der Waals surface area contributed by atoms with Gasteiger partial charge in [-0.3, -0.25) is 9.59 Å². The standard InChI is InChI=1S/C27H27ClN2O4/c1-33-24-13-12-23(15-25(24)34-2)29-26(31)21-14-20(18-6-4-3-5-7-18)16-30(17-21)27(32)19-8-10-22(28)11-9-19/h3-13,15,20-21H,14,16-17H2,1-2H3,(H,29,31). The van der Waals surface area contributed by atoms with Gasteiger partial charge in [0, 0.05) is 41.3 Å². The maximum absolute atomic E-state index is 13.3. The summed E-state index contributed by atoms with van der Waals surface area (Å²) in [4.78, 5) is 28.4. The SMILES string of the molecule is COc1ccc(NC(=O)C2CC(c3ccccc3)CN(C(=O)c3ccc(Cl)cc3)C2)cc1OC. The first kappa shape index (κ1) is 23.6. The van der Waals surface area contributed by atoms with E-state index in [1.165, 1.54) is 0 Å². The number of benzene rings is 3. The summed E-state index contributed by atoms with van der Waals surface area (Å²) in [5.41, 5.74) is 2.28. The van der Waals surface area contributed by atoms with Gasteiger partial charge in [0.05, 0.1) is 20.1 Å². The van der Waals surface area contributed by atoms with E-state index < -0.39 is 0 Å². The Bertz CT molecular complexity index is 1150. The van der Waals surface area contributed by atoms with Crippen LogP contribution in [0.25, 0.3) is 0 Å². The molecule has 0 saturated carbocycles. The largest absolute Gasteiger partial charge is 0.493 e. The summed E-state index contributed by atoms with van der Waals surface area (Å²) >= 11 is 5.99. The first-order valence-corrected chi connectivity index (χ1v) is 11.5. The maximum Gasteiger partial charge on any atom is 0.253 e. The molecule has 34 heavy (non-hydrogen) atoms. The predicted octanol–water partition coefficient (Wildman–Crippen LogP) is 5.24. The van der Waals surface area contributed by atoms with Crippen LogP contribution in [-0.4, -0.2) is 44.0 Å². The van der Waals surface area contributed by atoms with Crippen molar-refractivity contribution < 1.29 is 19.1 Å². The number of piperidine rings is 1. The van der Waals surface area contributed by atoms with Gasteiger partial charge in [-0.1, -0.05) is 41.9 Å². The number of ether oxygens (including phenoxy) is 2. The van der Waals surface area contributed by atoms with Gasteiger partial charge in [-0.15, -0.1) is 0 Å². The highest BCUT2D eigenvalue weighted by Crippen LogP contribution is 2.33. The number of anilines is 1. The zero-order valence-corrected chi connectivity index (χ0v) is 19.9. The summed E-state index contributed by atoms with van der Waals surface area (Å²) < 4.78 is 10.6. The molecular formula is C27H27ClN2O4. The molecule has 1 aliphatic rings. The lowest BCUT2D eigenvalue weighted by molar-refractivity contribution is -0.121. The lowest BCUT2D eigenvalue weighted by atomic mass is 9.83. The van der Waals surface area contributed by atoms with Crippen molar-refractivity contribution in [3.8, 4) is 11.5 Å². The normalized spacial score (nSPS) is 17.7. The number of carbonyl (C=O) groups is 2. The van der Waals surface area contributed by atoms with E-state index in [0.717, 1.165) is 5.56 Å². The number of likely N-dealkylation sites (tertiary alicyclic amines) is 1. The minimum absolute atomic E-state index is 0.0485. The highest BCUT2D eigenvalue weighted by atomic mass is 35.5. The van der Waals surface area contributed by atoms with Crippen LogP contribution in [0.5, 0.6) is 11.5 Å². The van der Waals surface area contributed by atoms with Crippen molar-refractivity contribution in [2.24, 2.45) is 5.92 Å². The van der Waals surface area contributed by atoms with Gasteiger partial charge in [-0.05, 0) is 48.4 Å². The Hall–Kier alpha value is -3.51. The Morgan fingerprint density at radius 1 is 0.912 bits per heavy atom. The summed E-state index contributed by atoms with van der Waals surface area (Å²) in [6, 6.07) is 22.1. The first-order chi connectivity index (χ1) is 16.5. The lowest BCUT2D eigenvalue weighted by Gasteiger charge is -2.37. The van der Waals surface area contributed by atoms with Crippen molar-refractivity contribution in [1.82, 2.24) is 4.90 Å². The monoisotopic (exact) mass is 478 g/mol. The van der Waals surface area contributed by atoms with Crippen LogP contribution in [0.2, 0.25) is 5.02 Å². The molecule has 176 valence electrons. The summed E-state index contributed by atoms with van der Waals surface area (Å²) in [6.45, 7) is 0.884. The number of carbonyl (C=O) groups excluding carboxylic acids is 2. The molecule has 1 saturated heterocycles. The fraction of sp³-hybridized carbons (Fsp3) is 0.259. The molecule has 6 nitrogen and oxygen atoms in total. The predicted molar refractivity (Wildman–Crippen MR) is 133 cm³/mol. The summed E-state index contributed by atoms with van der Waals surface area (Å²) in [7, 11) is 3.11. The molecule has 0 aromatic heterocycles. The molecule has 0 bridgehead atoms. The molecule has 1 aliphatic heterocycles. The van der Waals surface area contributed by atoms with E-state index in [2.05, 4.69) is 5.32 Å². The molecule has 3 aromatic carbocycles. The molecule has 1 N–H and O–H groups in total. The Morgan fingerprint density at radius 3 is 2.29 bits per heavy atom. The third-order valence-corrected chi connectivity index (χ3v) is 6.37. The van der Waals surface area contributed by atoms with E-state index >= 15 is 0 Å². The zero-order valence-electron chi connectivity index (χ0n) is 19.2. The van der Waals surface area contributed by atoms with Crippen molar-refractivity contribution in [3.05, 3.63) is 88.9 Å². The average Bonchev–Trinajstić information content (AvgIpc) is 2.88. The smallest absolute Gasteiger partial charge is 0.253 e. The molecule has 3 aromatic rings. The molecule has 1 fully saturated rings. The number of hydrogen-bond acceptors (Lipinski definition) is 4. The minimum Gasteiger partial charge on any atom is -0.493 e. The first-order valence-electron chi connectivity index (χ1n) is 11.1. The number of rotatable bonds is 6. The van der Waals surface area contributed by atoms with Crippen LogP contribution in [-0.2, 0) is 4.79 Å². The van der Waals surface area contributed by atoms with Gasteiger partial charge >= 0.3 is 0 Å². The van der Waals surface area contributed by atoms with Gasteiger partial charge in [-0.2, -0.15) is 0 Å². The van der Waals surface area contributed by atoms with Gasteiger partial charge in [0.15, 0.2) is 11.5 Å². The lowest BCUT2D eigenvalue weighted by Crippen LogP contribution is -2.46. The van der Waals surface area contributed by atoms with Crippen LogP contribution in [0, 0.1) is 5.92 Å². The van der Waals surface area contributed by atoms with Crippen molar-refractivity contribution >= 4 is 29.1 Å². The number of nitrogens with one attached hydrogen (secondary N) is 1. The summed E-state index contributed by atoms with van der Waals surface area (Å²) in [5.74, 6) is 0.548. The molecule has 0 aliphatic carbocycles. The van der Waals surface area contributed by atoms with E-state index in [4.69, 9.17) is 21.1 Å². The molecule has 0 spiro atoms. The van der Waals surface area contributed by atoms with Gasteiger partial charge in [-0.25, -0.2) is 0 Å². The highest BCUT2D eigenvalue weighted by Gasteiger charge is 2.35. The van der Waals surface area contributed by atoms with Crippen molar-refractivity contribution in [3.63, 3.8) is 0 Å². The molecule has 0 radical (unpaired) electrons. The number of methoxy groups -OCH3 is 2. The topological polar surface area (TPSA) is 67.9 Å². The average molecular weight is 479 g/mol. The molecule has 2 amide bonds. The van der Waals surface area contributed by atoms with Crippen LogP contribution in [0.3, 0.4) is 0 Å². The van der Waals surface area contributed by atoms with Crippen LogP contribution < -0.4 is 14.8 Å². The highest BCUT2D eigenvalue weighted by molar-refractivity contribution is 6.30. The quantitative estimate of drug-likeness (QED) is 0.526. The van der Waals surface area contributed by atoms with E-state index in [-0.39, 0.29) is 23.7 Å². The number of amides is 2. The molecule has 4 rings (SSSR count). The number of halogens is 1. The second-order valence-electron chi connectivity index (χ2n) is 8.32. The van der Waals surface area contributed by atoms with E-state index in [1.807, 2.05) is 30.3 Å².